The summed E-state index contributed by atoms with van der Waals surface area (Å²) in [5, 5.41) is 2.97. The second-order valence-electron chi connectivity index (χ2n) is 11.8. The molecule has 2 aromatic carbocycles. The summed E-state index contributed by atoms with van der Waals surface area (Å²) < 4.78 is 17.0. The molecule has 0 aliphatic carbocycles. The Balaban J connectivity index is 1.30. The van der Waals surface area contributed by atoms with E-state index in [0.29, 0.717) is 26.2 Å². The first-order valence-electron chi connectivity index (χ1n) is 14.1. The van der Waals surface area contributed by atoms with Crippen LogP contribution in [0.1, 0.15) is 55.0 Å². The molecule has 41 heavy (non-hydrogen) atoms. The van der Waals surface area contributed by atoms with Crippen LogP contribution >= 0.6 is 11.3 Å². The number of fused-ring (bicyclic) bond motifs is 1. The van der Waals surface area contributed by atoms with Crippen molar-refractivity contribution in [1.82, 2.24) is 9.88 Å². The monoisotopic (exact) mass is 577 g/mol. The SMILES string of the molecule is COC(=O)C1CCN(c2nc(-c3cccc(C)c3OCc3ccc4c(c3C)CCN(C(=O)OC(C)(C)C)C4)cs2)C1. The van der Waals surface area contributed by atoms with Crippen molar-refractivity contribution in [2.75, 3.05) is 31.6 Å². The van der Waals surface area contributed by atoms with Gasteiger partial charge in [-0.05, 0) is 81.3 Å². The number of aromatic nitrogens is 1. The zero-order chi connectivity index (χ0) is 29.3. The van der Waals surface area contributed by atoms with Crippen molar-refractivity contribution in [3.63, 3.8) is 0 Å². The molecule has 1 aromatic heterocycles. The lowest BCUT2D eigenvalue weighted by molar-refractivity contribution is -0.144. The number of aryl methyl sites for hydroxylation is 1. The number of para-hydroxylation sites is 1. The third-order valence-corrected chi connectivity index (χ3v) is 8.70. The Morgan fingerprint density at radius 3 is 2.68 bits per heavy atom. The number of hydrogen-bond acceptors (Lipinski definition) is 8. The fraction of sp³-hybridized carbons (Fsp3) is 0.469. The van der Waals surface area contributed by atoms with E-state index in [2.05, 4.69) is 42.3 Å². The van der Waals surface area contributed by atoms with Crippen LogP contribution < -0.4 is 9.64 Å². The maximum absolute atomic E-state index is 12.6. The van der Waals surface area contributed by atoms with E-state index in [4.69, 9.17) is 19.2 Å². The summed E-state index contributed by atoms with van der Waals surface area (Å²) in [4.78, 5) is 33.4. The van der Waals surface area contributed by atoms with Crippen LogP contribution in [0.3, 0.4) is 0 Å². The number of amides is 1. The van der Waals surface area contributed by atoms with E-state index in [1.54, 1.807) is 16.2 Å². The van der Waals surface area contributed by atoms with Gasteiger partial charge in [0.25, 0.3) is 0 Å². The number of rotatable bonds is 6. The Kier molecular flexibility index (Phi) is 8.27. The van der Waals surface area contributed by atoms with Gasteiger partial charge in [-0.1, -0.05) is 24.3 Å². The molecule has 3 heterocycles. The van der Waals surface area contributed by atoms with Crippen molar-refractivity contribution in [2.45, 2.75) is 66.2 Å². The van der Waals surface area contributed by atoms with Gasteiger partial charge in [0.2, 0.25) is 0 Å². The molecule has 2 aliphatic heterocycles. The summed E-state index contributed by atoms with van der Waals surface area (Å²) in [6.07, 6.45) is 1.30. The minimum atomic E-state index is -0.509. The second kappa shape index (κ2) is 11.7. The number of methoxy groups -OCH3 is 1. The van der Waals surface area contributed by atoms with Gasteiger partial charge in [-0.15, -0.1) is 11.3 Å². The van der Waals surface area contributed by atoms with Gasteiger partial charge in [0.05, 0.1) is 18.7 Å². The van der Waals surface area contributed by atoms with Gasteiger partial charge < -0.3 is 24.0 Å². The average molecular weight is 578 g/mol. The van der Waals surface area contributed by atoms with E-state index >= 15 is 0 Å². The van der Waals surface area contributed by atoms with E-state index in [1.165, 1.54) is 18.2 Å². The van der Waals surface area contributed by atoms with Crippen molar-refractivity contribution in [3.05, 3.63) is 63.5 Å². The van der Waals surface area contributed by atoms with Gasteiger partial charge in [0.15, 0.2) is 5.13 Å². The highest BCUT2D eigenvalue weighted by molar-refractivity contribution is 7.14. The number of carbonyl (C=O) groups is 2. The molecule has 1 fully saturated rings. The van der Waals surface area contributed by atoms with Crippen LogP contribution in [0.2, 0.25) is 0 Å². The first kappa shape index (κ1) is 28.9. The molecule has 1 unspecified atom stereocenters. The van der Waals surface area contributed by atoms with Gasteiger partial charge in [-0.2, -0.15) is 0 Å². The van der Waals surface area contributed by atoms with Gasteiger partial charge in [0.1, 0.15) is 18.0 Å². The molecule has 0 saturated carbocycles. The minimum absolute atomic E-state index is 0.106. The van der Waals surface area contributed by atoms with Crippen LogP contribution in [0.4, 0.5) is 9.93 Å². The standard InChI is InChI=1S/C32H39N3O5S/c1-20-8-7-9-26(27-19-41-30(33-27)34-14-12-23(17-34)29(36)38-6)28(20)39-18-24-11-10-22-16-35(15-13-25(22)21(24)2)31(37)40-32(3,4)5/h7-11,19,23H,12-18H2,1-6H3. The Hall–Kier alpha value is -3.59. The van der Waals surface area contributed by atoms with Crippen LogP contribution in [0.15, 0.2) is 35.7 Å². The summed E-state index contributed by atoms with van der Waals surface area (Å²) in [6, 6.07) is 10.4. The summed E-state index contributed by atoms with van der Waals surface area (Å²) in [5.74, 6) is 0.563. The number of anilines is 1. The number of ether oxygens (including phenoxy) is 3. The number of thiazole rings is 1. The highest BCUT2D eigenvalue weighted by Gasteiger charge is 2.31. The summed E-state index contributed by atoms with van der Waals surface area (Å²) in [7, 11) is 1.44. The average Bonchev–Trinajstić information content (AvgIpc) is 3.62. The Bertz CT molecular complexity index is 1440. The van der Waals surface area contributed by atoms with E-state index in [1.807, 2.05) is 32.9 Å². The number of esters is 1. The molecule has 218 valence electrons. The van der Waals surface area contributed by atoms with E-state index in [-0.39, 0.29) is 18.0 Å². The Morgan fingerprint density at radius 1 is 1.12 bits per heavy atom. The minimum Gasteiger partial charge on any atom is -0.488 e. The highest BCUT2D eigenvalue weighted by atomic mass is 32.1. The molecule has 0 spiro atoms. The van der Waals surface area contributed by atoms with Crippen molar-refractivity contribution in [2.24, 2.45) is 5.92 Å². The Morgan fingerprint density at radius 2 is 1.93 bits per heavy atom. The van der Waals surface area contributed by atoms with Crippen molar-refractivity contribution in [3.8, 4) is 17.0 Å². The second-order valence-corrected chi connectivity index (χ2v) is 12.7. The quantitative estimate of drug-likeness (QED) is 0.318. The highest BCUT2D eigenvalue weighted by Crippen LogP contribution is 2.37. The van der Waals surface area contributed by atoms with Crippen LogP contribution in [0, 0.1) is 19.8 Å². The van der Waals surface area contributed by atoms with Crippen LogP contribution in [0.5, 0.6) is 5.75 Å². The molecular weight excluding hydrogens is 538 g/mol. The summed E-state index contributed by atoms with van der Waals surface area (Å²) in [6.45, 7) is 12.9. The fourth-order valence-electron chi connectivity index (χ4n) is 5.55. The lowest BCUT2D eigenvalue weighted by atomic mass is 9.92. The molecule has 5 rings (SSSR count). The topological polar surface area (TPSA) is 81.2 Å². The first-order valence-corrected chi connectivity index (χ1v) is 15.0. The number of benzene rings is 2. The number of hydrogen-bond donors (Lipinski definition) is 0. The molecule has 1 atom stereocenters. The maximum Gasteiger partial charge on any atom is 0.410 e. The summed E-state index contributed by atoms with van der Waals surface area (Å²) in [5.41, 5.74) is 7.16. The molecule has 1 amide bonds. The van der Waals surface area contributed by atoms with Crippen molar-refractivity contribution >= 4 is 28.5 Å². The van der Waals surface area contributed by atoms with Gasteiger partial charge in [-0.3, -0.25) is 4.79 Å². The molecule has 8 nitrogen and oxygen atoms in total. The largest absolute Gasteiger partial charge is 0.488 e. The molecule has 2 aliphatic rings. The smallest absolute Gasteiger partial charge is 0.410 e. The third kappa shape index (κ3) is 6.35. The van der Waals surface area contributed by atoms with Gasteiger partial charge in [-0.25, -0.2) is 9.78 Å². The lowest BCUT2D eigenvalue weighted by Crippen LogP contribution is -2.40. The van der Waals surface area contributed by atoms with Crippen molar-refractivity contribution in [1.29, 1.82) is 0 Å². The third-order valence-electron chi connectivity index (χ3n) is 7.80. The molecule has 0 bridgehead atoms. The molecule has 1 saturated heterocycles. The van der Waals surface area contributed by atoms with E-state index in [0.717, 1.165) is 58.2 Å². The number of carbonyl (C=O) groups excluding carboxylic acids is 2. The predicted molar refractivity (Wildman–Crippen MR) is 160 cm³/mol. The lowest BCUT2D eigenvalue weighted by Gasteiger charge is -2.32. The van der Waals surface area contributed by atoms with Crippen LogP contribution in [-0.2, 0) is 33.8 Å². The van der Waals surface area contributed by atoms with Gasteiger partial charge in [0, 0.05) is 37.1 Å². The molecule has 3 aromatic rings. The maximum atomic E-state index is 12.6. The molecular formula is C32H39N3O5S. The first-order chi connectivity index (χ1) is 19.5. The van der Waals surface area contributed by atoms with Crippen molar-refractivity contribution < 1.29 is 23.8 Å². The van der Waals surface area contributed by atoms with Gasteiger partial charge >= 0.3 is 12.1 Å². The molecule has 0 N–H and O–H groups in total. The molecule has 9 heteroatoms. The molecule has 0 radical (unpaired) electrons. The van der Waals surface area contributed by atoms with Crippen LogP contribution in [-0.4, -0.2) is 54.3 Å². The van der Waals surface area contributed by atoms with E-state index < -0.39 is 5.60 Å². The zero-order valence-electron chi connectivity index (χ0n) is 24.8. The van der Waals surface area contributed by atoms with Crippen LogP contribution in [0.25, 0.3) is 11.3 Å². The number of nitrogens with zero attached hydrogens (tertiary/aromatic N) is 3. The summed E-state index contributed by atoms with van der Waals surface area (Å²) >= 11 is 1.59. The Labute approximate surface area is 246 Å². The van der Waals surface area contributed by atoms with E-state index in [9.17, 15) is 9.59 Å². The normalized spacial score (nSPS) is 16.9. The fourth-order valence-corrected chi connectivity index (χ4v) is 6.41. The zero-order valence-corrected chi connectivity index (χ0v) is 25.6. The predicted octanol–water partition coefficient (Wildman–Crippen LogP) is 6.30.